The summed E-state index contributed by atoms with van der Waals surface area (Å²) in [5, 5.41) is 80.7. The van der Waals surface area contributed by atoms with Crippen LogP contribution in [0.5, 0.6) is 11.5 Å². The molecule has 2 fully saturated rings. The quantitative estimate of drug-likeness (QED) is 0.104. The fourth-order valence-electron chi connectivity index (χ4n) is 4.64. The first-order valence-corrected chi connectivity index (χ1v) is 13.7. The Hall–Kier alpha value is -3.90. The molecule has 0 bridgehead atoms. The number of ether oxygens (including phenoxy) is 5. The second-order valence-corrected chi connectivity index (χ2v) is 10.3. The monoisotopic (exact) mass is 634 g/mol. The number of phenolic OH excluding ortho intramolecular Hbond substituents is 2. The lowest BCUT2D eigenvalue weighted by Crippen LogP contribution is -2.63. The number of rotatable bonds is 11. The molecule has 0 radical (unpaired) electrons. The molecule has 2 aromatic carbocycles. The van der Waals surface area contributed by atoms with Crippen LogP contribution in [-0.4, -0.2) is 127 Å². The number of aromatic hydroxyl groups is 2. The zero-order valence-electron chi connectivity index (χ0n) is 23.6. The van der Waals surface area contributed by atoms with Crippen LogP contribution in [0.1, 0.15) is 11.1 Å². The van der Waals surface area contributed by atoms with E-state index in [2.05, 4.69) is 0 Å². The van der Waals surface area contributed by atoms with Crippen LogP contribution >= 0.6 is 0 Å². The van der Waals surface area contributed by atoms with Crippen LogP contribution < -0.4 is 0 Å². The standard InChI is InChI=1S/C30H34O15/c31-13-20-24(37)26(39)27(40)29(42-20)45-30(15-32)28(43-23(36)12-6-17-3-9-19(34)10-4-17)25(38)21(44-30)14-41-22(35)11-5-16-1-7-18(33)8-2-16/h1-12,20-21,24-29,31-34,37-40H,13-15H2/t20-,21+,24+,25+,26-,27-,28-,29+,30-/m0/s1. The Morgan fingerprint density at radius 2 is 1.31 bits per heavy atom. The number of aliphatic hydroxyl groups is 6. The van der Waals surface area contributed by atoms with Crippen LogP contribution in [-0.2, 0) is 33.3 Å². The lowest BCUT2D eigenvalue weighted by molar-refractivity contribution is -0.383. The molecule has 45 heavy (non-hydrogen) atoms. The van der Waals surface area contributed by atoms with Gasteiger partial charge in [0.15, 0.2) is 12.4 Å². The predicted molar refractivity (Wildman–Crippen MR) is 151 cm³/mol. The molecule has 0 amide bonds. The van der Waals surface area contributed by atoms with Gasteiger partial charge in [0.05, 0.1) is 6.61 Å². The topological polar surface area (TPSA) is 242 Å². The molecule has 2 heterocycles. The third-order valence-corrected chi connectivity index (χ3v) is 7.10. The SMILES string of the molecule is O=C(C=Cc1ccc(O)cc1)OC[C@H]1O[C@@](CO)(O[C@H]2O[C@@H](CO)[C@@H](O)[C@H](O)[C@@H]2O)[C@@H](OC(=O)C=Cc2ccc(O)cc2)[C@@H]1O. The van der Waals surface area contributed by atoms with Crippen molar-refractivity contribution in [2.75, 3.05) is 19.8 Å². The first kappa shape index (κ1) is 34.0. The summed E-state index contributed by atoms with van der Waals surface area (Å²) < 4.78 is 27.3. The minimum absolute atomic E-state index is 0.00149. The number of carbonyl (C=O) groups is 2. The number of benzene rings is 2. The van der Waals surface area contributed by atoms with E-state index in [-0.39, 0.29) is 11.5 Å². The summed E-state index contributed by atoms with van der Waals surface area (Å²) in [6.45, 7) is -2.54. The van der Waals surface area contributed by atoms with Crippen LogP contribution in [0.3, 0.4) is 0 Å². The Kier molecular flexibility index (Phi) is 11.3. The van der Waals surface area contributed by atoms with Crippen molar-refractivity contribution >= 4 is 24.1 Å². The molecule has 15 heteroatoms. The fraction of sp³-hybridized carbons (Fsp3) is 0.400. The van der Waals surface area contributed by atoms with Crippen LogP contribution in [0, 0.1) is 0 Å². The van der Waals surface area contributed by atoms with Crippen LogP contribution in [0.4, 0.5) is 0 Å². The average molecular weight is 635 g/mol. The normalized spacial score (nSPS) is 31.8. The van der Waals surface area contributed by atoms with Gasteiger partial charge in [0.2, 0.25) is 5.79 Å². The average Bonchev–Trinajstić information content (AvgIpc) is 3.29. The Morgan fingerprint density at radius 1 is 0.756 bits per heavy atom. The van der Waals surface area contributed by atoms with E-state index in [1.807, 2.05) is 0 Å². The summed E-state index contributed by atoms with van der Waals surface area (Å²) >= 11 is 0. The predicted octanol–water partition coefficient (Wildman–Crippen LogP) is -1.46. The number of phenols is 2. The van der Waals surface area contributed by atoms with Crippen molar-refractivity contribution in [1.29, 1.82) is 0 Å². The van der Waals surface area contributed by atoms with E-state index in [0.717, 1.165) is 12.2 Å². The number of esters is 2. The summed E-state index contributed by atoms with van der Waals surface area (Å²) in [4.78, 5) is 25.2. The Balaban J connectivity index is 1.52. The second-order valence-electron chi connectivity index (χ2n) is 10.3. The molecule has 0 spiro atoms. The minimum Gasteiger partial charge on any atom is -0.508 e. The number of carbonyl (C=O) groups excluding carboxylic acids is 2. The van der Waals surface area contributed by atoms with Crippen molar-refractivity contribution in [2.45, 2.75) is 54.8 Å². The van der Waals surface area contributed by atoms with Crippen molar-refractivity contribution in [3.8, 4) is 11.5 Å². The maximum Gasteiger partial charge on any atom is 0.331 e. The van der Waals surface area contributed by atoms with Crippen LogP contribution in [0.15, 0.2) is 60.7 Å². The maximum absolute atomic E-state index is 12.8. The van der Waals surface area contributed by atoms with Gasteiger partial charge in [0.25, 0.3) is 0 Å². The molecule has 0 aromatic heterocycles. The molecule has 9 atom stereocenters. The summed E-state index contributed by atoms with van der Waals surface area (Å²) in [6.07, 6.45) is -9.11. The van der Waals surface area contributed by atoms with Gasteiger partial charge < -0.3 is 64.5 Å². The van der Waals surface area contributed by atoms with Crippen LogP contribution in [0.2, 0.25) is 0 Å². The molecule has 244 valence electrons. The molecule has 2 aliphatic rings. The van der Waals surface area contributed by atoms with E-state index in [4.69, 9.17) is 23.7 Å². The van der Waals surface area contributed by atoms with Crippen molar-refractivity contribution in [1.82, 2.24) is 0 Å². The van der Waals surface area contributed by atoms with Gasteiger partial charge in [-0.3, -0.25) is 0 Å². The molecular weight excluding hydrogens is 600 g/mol. The molecular formula is C30H34O15. The van der Waals surface area contributed by atoms with E-state index >= 15 is 0 Å². The molecule has 0 unspecified atom stereocenters. The highest BCUT2D eigenvalue weighted by atomic mass is 16.8. The van der Waals surface area contributed by atoms with E-state index in [9.17, 15) is 50.4 Å². The maximum atomic E-state index is 12.8. The fourth-order valence-corrected chi connectivity index (χ4v) is 4.64. The third-order valence-electron chi connectivity index (χ3n) is 7.10. The van der Waals surface area contributed by atoms with Gasteiger partial charge in [-0.05, 0) is 47.5 Å². The zero-order valence-corrected chi connectivity index (χ0v) is 23.6. The summed E-state index contributed by atoms with van der Waals surface area (Å²) in [7, 11) is 0. The minimum atomic E-state index is -2.46. The van der Waals surface area contributed by atoms with Gasteiger partial charge in [0.1, 0.15) is 61.3 Å². The van der Waals surface area contributed by atoms with E-state index < -0.39 is 86.6 Å². The summed E-state index contributed by atoms with van der Waals surface area (Å²) in [5.41, 5.74) is 1.07. The van der Waals surface area contributed by atoms with E-state index in [1.165, 1.54) is 48.6 Å². The lowest BCUT2D eigenvalue weighted by atomic mass is 9.99. The van der Waals surface area contributed by atoms with Gasteiger partial charge in [-0.15, -0.1) is 0 Å². The second kappa shape index (κ2) is 14.9. The molecule has 2 aromatic rings. The molecule has 8 N–H and O–H groups in total. The first-order valence-electron chi connectivity index (χ1n) is 13.7. The van der Waals surface area contributed by atoms with Gasteiger partial charge in [0, 0.05) is 12.2 Å². The van der Waals surface area contributed by atoms with Crippen molar-refractivity contribution in [3.05, 3.63) is 71.8 Å². The highest BCUT2D eigenvalue weighted by Gasteiger charge is 2.61. The highest BCUT2D eigenvalue weighted by molar-refractivity contribution is 5.87. The number of hydrogen-bond donors (Lipinski definition) is 8. The van der Waals surface area contributed by atoms with Crippen molar-refractivity contribution < 1.29 is 74.1 Å². The Bertz CT molecular complexity index is 1340. The van der Waals surface area contributed by atoms with Gasteiger partial charge >= 0.3 is 11.9 Å². The number of aliphatic hydroxyl groups excluding tert-OH is 6. The largest absolute Gasteiger partial charge is 0.508 e. The van der Waals surface area contributed by atoms with Gasteiger partial charge in [-0.2, -0.15) is 0 Å². The van der Waals surface area contributed by atoms with Gasteiger partial charge in [-0.1, -0.05) is 24.3 Å². The molecule has 0 saturated carbocycles. The van der Waals surface area contributed by atoms with E-state index in [0.29, 0.717) is 11.1 Å². The molecule has 2 aliphatic heterocycles. The molecule has 4 rings (SSSR count). The highest BCUT2D eigenvalue weighted by Crippen LogP contribution is 2.38. The Morgan fingerprint density at radius 3 is 1.84 bits per heavy atom. The van der Waals surface area contributed by atoms with Gasteiger partial charge in [-0.25, -0.2) is 9.59 Å². The summed E-state index contributed by atoms with van der Waals surface area (Å²) in [6, 6.07) is 11.7. The first-order chi connectivity index (χ1) is 21.5. The lowest BCUT2D eigenvalue weighted by Gasteiger charge is -2.43. The zero-order chi connectivity index (χ0) is 32.7. The smallest absolute Gasteiger partial charge is 0.331 e. The summed E-state index contributed by atoms with van der Waals surface area (Å²) in [5.74, 6) is -4.33. The third kappa shape index (κ3) is 8.23. The van der Waals surface area contributed by atoms with Crippen molar-refractivity contribution in [2.24, 2.45) is 0 Å². The Labute approximate surface area is 256 Å². The van der Waals surface area contributed by atoms with E-state index in [1.54, 1.807) is 12.1 Å². The van der Waals surface area contributed by atoms with Crippen molar-refractivity contribution in [3.63, 3.8) is 0 Å². The van der Waals surface area contributed by atoms with Crippen LogP contribution in [0.25, 0.3) is 12.2 Å². The number of hydrogen-bond acceptors (Lipinski definition) is 15. The molecule has 0 aliphatic carbocycles. The molecule has 2 saturated heterocycles. The molecule has 15 nitrogen and oxygen atoms in total.